The number of methoxy groups -OCH3 is 1. The van der Waals surface area contributed by atoms with Crippen LogP contribution in [0.4, 0.5) is 4.39 Å². The lowest BCUT2D eigenvalue weighted by Gasteiger charge is -2.00. The number of rotatable bonds is 2. The van der Waals surface area contributed by atoms with Crippen molar-refractivity contribution >= 4 is 11.5 Å². The SMILES string of the molecule is COC(=O)/C=C(/C)c1cncc(F)c1. The zero-order valence-corrected chi connectivity index (χ0v) is 7.95. The highest BCUT2D eigenvalue weighted by molar-refractivity contribution is 5.90. The first-order valence-corrected chi connectivity index (χ1v) is 4.00. The lowest BCUT2D eigenvalue weighted by atomic mass is 10.1. The van der Waals surface area contributed by atoms with E-state index in [0.717, 1.165) is 6.20 Å². The van der Waals surface area contributed by atoms with Gasteiger partial charge < -0.3 is 4.74 Å². The van der Waals surface area contributed by atoms with Crippen LogP contribution < -0.4 is 0 Å². The number of hydrogen-bond donors (Lipinski definition) is 0. The van der Waals surface area contributed by atoms with E-state index >= 15 is 0 Å². The number of allylic oxidation sites excluding steroid dienone is 1. The van der Waals surface area contributed by atoms with Crippen LogP contribution in [0.3, 0.4) is 0 Å². The number of hydrogen-bond acceptors (Lipinski definition) is 3. The maximum Gasteiger partial charge on any atom is 0.330 e. The first kappa shape index (κ1) is 10.4. The molecule has 0 unspecified atom stereocenters. The molecule has 0 aliphatic heterocycles. The van der Waals surface area contributed by atoms with Crippen molar-refractivity contribution in [3.8, 4) is 0 Å². The third-order valence-electron chi connectivity index (χ3n) is 1.70. The summed E-state index contributed by atoms with van der Waals surface area (Å²) < 4.78 is 17.2. The van der Waals surface area contributed by atoms with E-state index in [2.05, 4.69) is 9.72 Å². The molecule has 0 fully saturated rings. The molecular formula is C10H10FNO2. The zero-order chi connectivity index (χ0) is 10.6. The van der Waals surface area contributed by atoms with Gasteiger partial charge in [-0.3, -0.25) is 4.98 Å². The van der Waals surface area contributed by atoms with Gasteiger partial charge in [-0.1, -0.05) is 0 Å². The van der Waals surface area contributed by atoms with Crippen molar-refractivity contribution in [1.82, 2.24) is 4.98 Å². The number of esters is 1. The predicted molar refractivity (Wildman–Crippen MR) is 49.9 cm³/mol. The van der Waals surface area contributed by atoms with Gasteiger partial charge >= 0.3 is 5.97 Å². The van der Waals surface area contributed by atoms with Gasteiger partial charge in [0.15, 0.2) is 0 Å². The van der Waals surface area contributed by atoms with E-state index < -0.39 is 11.8 Å². The van der Waals surface area contributed by atoms with Crippen LogP contribution in [-0.2, 0) is 9.53 Å². The quantitative estimate of drug-likeness (QED) is 0.533. The molecule has 1 aromatic rings. The molecule has 0 saturated carbocycles. The molecule has 1 heterocycles. The predicted octanol–water partition coefficient (Wildman–Crippen LogP) is 1.80. The first-order valence-electron chi connectivity index (χ1n) is 4.00. The van der Waals surface area contributed by atoms with E-state index in [0.29, 0.717) is 11.1 Å². The monoisotopic (exact) mass is 195 g/mol. The van der Waals surface area contributed by atoms with Crippen LogP contribution in [0.25, 0.3) is 5.57 Å². The molecule has 0 spiro atoms. The second kappa shape index (κ2) is 4.50. The minimum atomic E-state index is -0.466. The average molecular weight is 195 g/mol. The second-order valence-corrected chi connectivity index (χ2v) is 2.74. The van der Waals surface area contributed by atoms with Crippen LogP contribution in [0.2, 0.25) is 0 Å². The van der Waals surface area contributed by atoms with Crippen molar-refractivity contribution in [2.45, 2.75) is 6.92 Å². The van der Waals surface area contributed by atoms with E-state index in [4.69, 9.17) is 0 Å². The number of halogens is 1. The maximum atomic E-state index is 12.7. The largest absolute Gasteiger partial charge is 0.466 e. The molecule has 0 N–H and O–H groups in total. The van der Waals surface area contributed by atoms with Crippen LogP contribution in [0.5, 0.6) is 0 Å². The van der Waals surface area contributed by atoms with Crippen LogP contribution in [-0.4, -0.2) is 18.1 Å². The normalized spacial score (nSPS) is 11.2. The Morgan fingerprint density at radius 3 is 2.86 bits per heavy atom. The maximum absolute atomic E-state index is 12.7. The molecule has 0 amide bonds. The van der Waals surface area contributed by atoms with Gasteiger partial charge in [-0.25, -0.2) is 9.18 Å². The molecule has 0 aliphatic carbocycles. The summed E-state index contributed by atoms with van der Waals surface area (Å²) in [7, 11) is 1.29. The Morgan fingerprint density at radius 1 is 1.57 bits per heavy atom. The van der Waals surface area contributed by atoms with Gasteiger partial charge in [0.2, 0.25) is 0 Å². The fourth-order valence-corrected chi connectivity index (χ4v) is 0.947. The Labute approximate surface area is 81.2 Å². The fourth-order valence-electron chi connectivity index (χ4n) is 0.947. The van der Waals surface area contributed by atoms with E-state index in [1.807, 2.05) is 0 Å². The summed E-state index contributed by atoms with van der Waals surface area (Å²) in [5, 5.41) is 0. The fraction of sp³-hybridized carbons (Fsp3) is 0.200. The molecule has 14 heavy (non-hydrogen) atoms. The Morgan fingerprint density at radius 2 is 2.29 bits per heavy atom. The molecule has 0 saturated heterocycles. The summed E-state index contributed by atoms with van der Waals surface area (Å²) in [6.07, 6.45) is 3.88. The van der Waals surface area contributed by atoms with Crippen molar-refractivity contribution < 1.29 is 13.9 Å². The van der Waals surface area contributed by atoms with Gasteiger partial charge in [0.05, 0.1) is 13.3 Å². The Kier molecular flexibility index (Phi) is 3.34. The molecule has 0 aliphatic rings. The van der Waals surface area contributed by atoms with Crippen molar-refractivity contribution in [2.75, 3.05) is 7.11 Å². The molecule has 0 atom stereocenters. The van der Waals surface area contributed by atoms with Gasteiger partial charge in [-0.05, 0) is 24.1 Å². The van der Waals surface area contributed by atoms with Crippen molar-refractivity contribution in [3.05, 3.63) is 35.9 Å². The van der Waals surface area contributed by atoms with Crippen molar-refractivity contribution in [1.29, 1.82) is 0 Å². The lowest BCUT2D eigenvalue weighted by Crippen LogP contribution is -1.96. The molecule has 0 aromatic carbocycles. The van der Waals surface area contributed by atoms with Gasteiger partial charge in [0.1, 0.15) is 5.82 Å². The summed E-state index contributed by atoms with van der Waals surface area (Å²) in [6, 6.07) is 1.31. The first-order chi connectivity index (χ1) is 6.63. The number of pyridine rings is 1. The molecule has 1 rings (SSSR count). The highest BCUT2D eigenvalue weighted by Crippen LogP contribution is 2.13. The minimum absolute atomic E-state index is 0.430. The Bertz CT molecular complexity index is 374. The highest BCUT2D eigenvalue weighted by Gasteiger charge is 2.01. The number of nitrogens with zero attached hydrogens (tertiary/aromatic N) is 1. The van der Waals surface area contributed by atoms with Gasteiger partial charge in [0, 0.05) is 12.3 Å². The smallest absolute Gasteiger partial charge is 0.330 e. The third kappa shape index (κ3) is 2.65. The van der Waals surface area contributed by atoms with Crippen LogP contribution in [0, 0.1) is 5.82 Å². The van der Waals surface area contributed by atoms with E-state index in [1.165, 1.54) is 25.4 Å². The number of ether oxygens (including phenoxy) is 1. The molecule has 0 bridgehead atoms. The highest BCUT2D eigenvalue weighted by atomic mass is 19.1. The summed E-state index contributed by atoms with van der Waals surface area (Å²) in [4.78, 5) is 14.5. The van der Waals surface area contributed by atoms with E-state index in [9.17, 15) is 9.18 Å². The topological polar surface area (TPSA) is 39.2 Å². The van der Waals surface area contributed by atoms with Gasteiger partial charge in [-0.15, -0.1) is 0 Å². The molecule has 1 aromatic heterocycles. The van der Waals surface area contributed by atoms with Crippen molar-refractivity contribution in [3.63, 3.8) is 0 Å². The van der Waals surface area contributed by atoms with Crippen molar-refractivity contribution in [2.24, 2.45) is 0 Å². The van der Waals surface area contributed by atoms with Crippen LogP contribution in [0.1, 0.15) is 12.5 Å². The van der Waals surface area contributed by atoms with Crippen LogP contribution in [0.15, 0.2) is 24.5 Å². The standard InChI is InChI=1S/C10H10FNO2/c1-7(3-10(13)14-2)8-4-9(11)6-12-5-8/h3-6H,1-2H3/b7-3-. The van der Waals surface area contributed by atoms with Gasteiger partial charge in [-0.2, -0.15) is 0 Å². The van der Waals surface area contributed by atoms with Crippen LogP contribution >= 0.6 is 0 Å². The molecule has 74 valence electrons. The number of aromatic nitrogens is 1. The zero-order valence-electron chi connectivity index (χ0n) is 7.95. The van der Waals surface area contributed by atoms with E-state index in [1.54, 1.807) is 6.92 Å². The Balaban J connectivity index is 2.94. The van der Waals surface area contributed by atoms with Gasteiger partial charge in [0.25, 0.3) is 0 Å². The lowest BCUT2D eigenvalue weighted by molar-refractivity contribution is -0.134. The summed E-state index contributed by atoms with van der Waals surface area (Å²) in [5.41, 5.74) is 1.18. The minimum Gasteiger partial charge on any atom is -0.466 e. The summed E-state index contributed by atoms with van der Waals surface area (Å²) >= 11 is 0. The molecular weight excluding hydrogens is 185 g/mol. The third-order valence-corrected chi connectivity index (χ3v) is 1.70. The molecule has 4 heteroatoms. The summed E-state index contributed by atoms with van der Waals surface area (Å²) in [6.45, 7) is 1.69. The summed E-state index contributed by atoms with van der Waals surface area (Å²) in [5.74, 6) is -0.896. The second-order valence-electron chi connectivity index (χ2n) is 2.74. The van der Waals surface area contributed by atoms with E-state index in [-0.39, 0.29) is 0 Å². The number of carbonyl (C=O) groups is 1. The molecule has 0 radical (unpaired) electrons. The number of carbonyl (C=O) groups excluding carboxylic acids is 1. The molecule has 3 nitrogen and oxygen atoms in total. The average Bonchev–Trinajstić information content (AvgIpc) is 2.17. The Hall–Kier alpha value is -1.71.